The molecule has 0 aliphatic carbocycles. The average molecular weight is 327 g/mol. The number of carbonyl (C=O) groups is 1. The Balaban J connectivity index is 2.09. The van der Waals surface area contributed by atoms with Gasteiger partial charge in [-0.2, -0.15) is 0 Å². The quantitative estimate of drug-likeness (QED) is 0.857. The molecule has 1 aliphatic rings. The van der Waals surface area contributed by atoms with Crippen LogP contribution < -0.4 is 4.90 Å². The SMILES string of the molecule is CCC1CC(C(=O)N(C)c2ncccc2Br)CCO1. The number of hydrogen-bond donors (Lipinski definition) is 0. The summed E-state index contributed by atoms with van der Waals surface area (Å²) >= 11 is 3.43. The third kappa shape index (κ3) is 3.34. The molecule has 0 radical (unpaired) electrons. The fourth-order valence-corrected chi connectivity index (χ4v) is 2.91. The number of amides is 1. The van der Waals surface area contributed by atoms with Gasteiger partial charge in [-0.15, -0.1) is 0 Å². The molecule has 2 unspecified atom stereocenters. The molecule has 2 heterocycles. The molecule has 19 heavy (non-hydrogen) atoms. The van der Waals surface area contributed by atoms with Gasteiger partial charge < -0.3 is 4.74 Å². The predicted molar refractivity (Wildman–Crippen MR) is 78.1 cm³/mol. The minimum absolute atomic E-state index is 0.0395. The van der Waals surface area contributed by atoms with Gasteiger partial charge in [-0.25, -0.2) is 4.98 Å². The van der Waals surface area contributed by atoms with E-state index in [4.69, 9.17) is 4.74 Å². The van der Waals surface area contributed by atoms with E-state index in [1.54, 1.807) is 18.1 Å². The van der Waals surface area contributed by atoms with Crippen LogP contribution in [-0.2, 0) is 9.53 Å². The number of rotatable bonds is 3. The Bertz CT molecular complexity index is 453. The number of aromatic nitrogens is 1. The van der Waals surface area contributed by atoms with Crippen LogP contribution in [0.1, 0.15) is 26.2 Å². The third-order valence-electron chi connectivity index (χ3n) is 3.56. The average Bonchev–Trinajstić information content (AvgIpc) is 2.46. The lowest BCUT2D eigenvalue weighted by Gasteiger charge is -2.30. The van der Waals surface area contributed by atoms with Crippen LogP contribution in [0.15, 0.2) is 22.8 Å². The molecule has 2 rings (SSSR count). The highest BCUT2D eigenvalue weighted by atomic mass is 79.9. The molecule has 0 saturated carbocycles. The lowest BCUT2D eigenvalue weighted by Crippen LogP contribution is -2.38. The molecule has 0 aromatic carbocycles. The zero-order valence-electron chi connectivity index (χ0n) is 11.3. The molecule has 1 aromatic heterocycles. The molecule has 104 valence electrons. The molecule has 1 aromatic rings. The first-order chi connectivity index (χ1) is 9.13. The third-order valence-corrected chi connectivity index (χ3v) is 4.18. The van der Waals surface area contributed by atoms with Gasteiger partial charge in [-0.05, 0) is 47.3 Å². The van der Waals surface area contributed by atoms with Gasteiger partial charge in [0, 0.05) is 25.8 Å². The molecule has 1 amide bonds. The van der Waals surface area contributed by atoms with Crippen molar-refractivity contribution in [1.29, 1.82) is 0 Å². The number of anilines is 1. The molecule has 0 bridgehead atoms. The van der Waals surface area contributed by atoms with Gasteiger partial charge in [-0.3, -0.25) is 9.69 Å². The monoisotopic (exact) mass is 326 g/mol. The van der Waals surface area contributed by atoms with Gasteiger partial charge >= 0.3 is 0 Å². The zero-order valence-corrected chi connectivity index (χ0v) is 12.9. The summed E-state index contributed by atoms with van der Waals surface area (Å²) in [5.74, 6) is 0.839. The van der Waals surface area contributed by atoms with Gasteiger partial charge in [0.05, 0.1) is 10.6 Å². The summed E-state index contributed by atoms with van der Waals surface area (Å²) < 4.78 is 6.46. The van der Waals surface area contributed by atoms with Crippen molar-refractivity contribution in [2.75, 3.05) is 18.6 Å². The Kier molecular flexibility index (Phi) is 4.93. The molecule has 4 nitrogen and oxygen atoms in total. The zero-order chi connectivity index (χ0) is 13.8. The van der Waals surface area contributed by atoms with E-state index in [0.29, 0.717) is 12.4 Å². The maximum atomic E-state index is 12.5. The smallest absolute Gasteiger partial charge is 0.231 e. The van der Waals surface area contributed by atoms with Gasteiger partial charge in [0.1, 0.15) is 5.82 Å². The van der Waals surface area contributed by atoms with Crippen molar-refractivity contribution in [3.05, 3.63) is 22.8 Å². The Morgan fingerprint density at radius 1 is 1.63 bits per heavy atom. The van der Waals surface area contributed by atoms with Crippen LogP contribution in [0.2, 0.25) is 0 Å². The van der Waals surface area contributed by atoms with Gasteiger partial charge in [-0.1, -0.05) is 6.92 Å². The van der Waals surface area contributed by atoms with Crippen molar-refractivity contribution in [2.45, 2.75) is 32.3 Å². The first-order valence-corrected chi connectivity index (χ1v) is 7.42. The van der Waals surface area contributed by atoms with Crippen LogP contribution in [0, 0.1) is 5.92 Å². The summed E-state index contributed by atoms with van der Waals surface area (Å²) in [6.07, 6.45) is 4.47. The maximum Gasteiger partial charge on any atom is 0.231 e. The second-order valence-corrected chi connectivity index (χ2v) is 5.68. The van der Waals surface area contributed by atoms with E-state index in [2.05, 4.69) is 27.8 Å². The largest absolute Gasteiger partial charge is 0.378 e. The maximum absolute atomic E-state index is 12.5. The Hall–Kier alpha value is -0.940. The minimum atomic E-state index is 0.0395. The van der Waals surface area contributed by atoms with Crippen LogP contribution >= 0.6 is 15.9 Å². The van der Waals surface area contributed by atoms with E-state index in [9.17, 15) is 4.79 Å². The van der Waals surface area contributed by atoms with Crippen molar-refractivity contribution >= 4 is 27.7 Å². The first-order valence-electron chi connectivity index (χ1n) is 6.63. The fourth-order valence-electron chi connectivity index (χ4n) is 2.39. The number of ether oxygens (including phenoxy) is 1. The molecule has 0 spiro atoms. The van der Waals surface area contributed by atoms with Crippen molar-refractivity contribution < 1.29 is 9.53 Å². The highest BCUT2D eigenvalue weighted by Crippen LogP contribution is 2.28. The fraction of sp³-hybridized carbons (Fsp3) is 0.571. The summed E-state index contributed by atoms with van der Waals surface area (Å²) in [7, 11) is 1.78. The number of pyridine rings is 1. The predicted octanol–water partition coefficient (Wildman–Crippen LogP) is 3.01. The highest BCUT2D eigenvalue weighted by Gasteiger charge is 2.30. The van der Waals surface area contributed by atoms with Crippen molar-refractivity contribution in [2.24, 2.45) is 5.92 Å². The van der Waals surface area contributed by atoms with E-state index in [0.717, 1.165) is 23.7 Å². The van der Waals surface area contributed by atoms with E-state index < -0.39 is 0 Å². The summed E-state index contributed by atoms with van der Waals surface area (Å²) in [6.45, 7) is 2.77. The normalized spacial score (nSPS) is 23.1. The van der Waals surface area contributed by atoms with Crippen molar-refractivity contribution in [1.82, 2.24) is 4.98 Å². The van der Waals surface area contributed by atoms with Crippen LogP contribution in [0.25, 0.3) is 0 Å². The van der Waals surface area contributed by atoms with E-state index in [1.807, 2.05) is 12.1 Å². The molecule has 1 saturated heterocycles. The van der Waals surface area contributed by atoms with Crippen LogP contribution in [-0.4, -0.2) is 30.6 Å². The standard InChI is InChI=1S/C14H19BrN2O2/c1-3-11-9-10(6-8-19-11)14(18)17(2)13-12(15)5-4-7-16-13/h4-5,7,10-11H,3,6,8-9H2,1-2H3. The topological polar surface area (TPSA) is 42.4 Å². The number of halogens is 1. The second-order valence-electron chi connectivity index (χ2n) is 4.83. The van der Waals surface area contributed by atoms with E-state index >= 15 is 0 Å². The Morgan fingerprint density at radius 3 is 3.11 bits per heavy atom. The van der Waals surface area contributed by atoms with E-state index in [1.165, 1.54) is 0 Å². The molecule has 0 N–H and O–H groups in total. The Morgan fingerprint density at radius 2 is 2.42 bits per heavy atom. The molecule has 1 aliphatic heterocycles. The first kappa shape index (κ1) is 14.5. The molecule has 1 fully saturated rings. The van der Waals surface area contributed by atoms with Gasteiger partial charge in [0.25, 0.3) is 0 Å². The lowest BCUT2D eigenvalue weighted by atomic mass is 9.93. The van der Waals surface area contributed by atoms with Crippen LogP contribution in [0.4, 0.5) is 5.82 Å². The number of carbonyl (C=O) groups excluding carboxylic acids is 1. The number of hydrogen-bond acceptors (Lipinski definition) is 3. The van der Waals surface area contributed by atoms with Gasteiger partial charge in [0.2, 0.25) is 5.91 Å². The second kappa shape index (κ2) is 6.48. The van der Waals surface area contributed by atoms with Gasteiger partial charge in [0.15, 0.2) is 0 Å². The summed E-state index contributed by atoms with van der Waals surface area (Å²) in [6, 6.07) is 3.73. The van der Waals surface area contributed by atoms with Crippen LogP contribution in [0.3, 0.4) is 0 Å². The van der Waals surface area contributed by atoms with Crippen molar-refractivity contribution in [3.63, 3.8) is 0 Å². The summed E-state index contributed by atoms with van der Waals surface area (Å²) in [5.41, 5.74) is 0. The van der Waals surface area contributed by atoms with Crippen molar-refractivity contribution in [3.8, 4) is 0 Å². The molecular formula is C14H19BrN2O2. The number of nitrogens with zero attached hydrogens (tertiary/aromatic N) is 2. The van der Waals surface area contributed by atoms with E-state index in [-0.39, 0.29) is 17.9 Å². The summed E-state index contributed by atoms with van der Waals surface area (Å²) in [5, 5.41) is 0. The Labute approximate surface area is 122 Å². The molecular weight excluding hydrogens is 308 g/mol. The minimum Gasteiger partial charge on any atom is -0.378 e. The summed E-state index contributed by atoms with van der Waals surface area (Å²) in [4.78, 5) is 18.4. The molecule has 5 heteroatoms. The highest BCUT2D eigenvalue weighted by molar-refractivity contribution is 9.10. The van der Waals surface area contributed by atoms with Crippen LogP contribution in [0.5, 0.6) is 0 Å². The molecule has 2 atom stereocenters. The lowest BCUT2D eigenvalue weighted by molar-refractivity contribution is -0.127.